The van der Waals surface area contributed by atoms with Crippen molar-refractivity contribution in [1.29, 1.82) is 0 Å². The van der Waals surface area contributed by atoms with Gasteiger partial charge in [0.1, 0.15) is 17.4 Å². The average Bonchev–Trinajstić information content (AvgIpc) is 3.40. The number of hydrogen-bond donors (Lipinski definition) is 2. The molecule has 192 valence electrons. The van der Waals surface area contributed by atoms with Gasteiger partial charge in [-0.1, -0.05) is 42.5 Å². The maximum absolute atomic E-state index is 9.59. The van der Waals surface area contributed by atoms with Gasteiger partial charge in [0, 0.05) is 36.6 Å². The van der Waals surface area contributed by atoms with Gasteiger partial charge in [-0.15, -0.1) is 10.2 Å². The van der Waals surface area contributed by atoms with Crippen molar-refractivity contribution in [3.63, 3.8) is 0 Å². The van der Waals surface area contributed by atoms with Crippen molar-refractivity contribution in [2.45, 2.75) is 95.3 Å². The Morgan fingerprint density at radius 1 is 1.00 bits per heavy atom. The first-order valence-electron chi connectivity index (χ1n) is 13.7. The Labute approximate surface area is 215 Å². The van der Waals surface area contributed by atoms with Crippen molar-refractivity contribution in [2.75, 3.05) is 6.54 Å². The van der Waals surface area contributed by atoms with Crippen LogP contribution in [0.25, 0.3) is 0 Å². The van der Waals surface area contributed by atoms with Gasteiger partial charge in [-0.3, -0.25) is 4.90 Å². The van der Waals surface area contributed by atoms with Gasteiger partial charge in [0.25, 0.3) is 0 Å². The standard InChI is InChI=1S/C30H41N5O/c1-20-9-12-27(34(20)16-15-29(31)24-7-5-4-6-8-24)17-21(2)35-22(3)32-33-30(35)26-18-25(19-26)23-10-13-28(36)14-11-23/h4-8,10-11,13-14,20-21,25-27,29,36H,9,12,15-19,31H2,1-3H3. The quantitative estimate of drug-likeness (QED) is 0.396. The molecule has 0 spiro atoms. The summed E-state index contributed by atoms with van der Waals surface area (Å²) in [7, 11) is 0. The molecule has 2 aliphatic rings. The highest BCUT2D eigenvalue weighted by molar-refractivity contribution is 5.31. The zero-order valence-corrected chi connectivity index (χ0v) is 21.9. The van der Waals surface area contributed by atoms with Crippen molar-refractivity contribution in [2.24, 2.45) is 5.73 Å². The number of phenolic OH excluding ortho intramolecular Hbond substituents is 1. The van der Waals surface area contributed by atoms with Gasteiger partial charge in [-0.2, -0.15) is 0 Å². The minimum Gasteiger partial charge on any atom is -0.508 e. The SMILES string of the molecule is Cc1nnc(C2CC(c3ccc(O)cc3)C2)n1C(C)CC1CCC(C)N1CCC(N)c1ccccc1. The lowest BCUT2D eigenvalue weighted by Crippen LogP contribution is -2.38. The number of aromatic hydroxyl groups is 1. The van der Waals surface area contributed by atoms with E-state index in [4.69, 9.17) is 5.73 Å². The molecule has 1 saturated heterocycles. The predicted octanol–water partition coefficient (Wildman–Crippen LogP) is 5.85. The lowest BCUT2D eigenvalue weighted by molar-refractivity contribution is 0.173. The monoisotopic (exact) mass is 487 g/mol. The van der Waals surface area contributed by atoms with Crippen LogP contribution in [0.15, 0.2) is 54.6 Å². The Morgan fingerprint density at radius 3 is 2.44 bits per heavy atom. The predicted molar refractivity (Wildman–Crippen MR) is 144 cm³/mol. The van der Waals surface area contributed by atoms with E-state index in [9.17, 15) is 5.11 Å². The van der Waals surface area contributed by atoms with Gasteiger partial charge in [0.15, 0.2) is 0 Å². The summed E-state index contributed by atoms with van der Waals surface area (Å²) < 4.78 is 2.41. The maximum atomic E-state index is 9.59. The number of aryl methyl sites for hydroxylation is 1. The van der Waals surface area contributed by atoms with Crippen molar-refractivity contribution in [3.05, 3.63) is 77.4 Å². The Hall–Kier alpha value is -2.70. The molecule has 1 aromatic heterocycles. The summed E-state index contributed by atoms with van der Waals surface area (Å²) in [5, 5.41) is 18.7. The van der Waals surface area contributed by atoms with Gasteiger partial charge < -0.3 is 15.4 Å². The van der Waals surface area contributed by atoms with Gasteiger partial charge in [0.05, 0.1) is 0 Å². The second-order valence-corrected chi connectivity index (χ2v) is 11.1. The average molecular weight is 488 g/mol. The molecule has 6 nitrogen and oxygen atoms in total. The first kappa shape index (κ1) is 25.0. The molecular formula is C30H41N5O. The highest BCUT2D eigenvalue weighted by Gasteiger charge is 2.37. The van der Waals surface area contributed by atoms with Gasteiger partial charge in [-0.25, -0.2) is 0 Å². The molecule has 5 rings (SSSR count). The smallest absolute Gasteiger partial charge is 0.136 e. The van der Waals surface area contributed by atoms with Crippen LogP contribution in [-0.4, -0.2) is 43.4 Å². The van der Waals surface area contributed by atoms with Crippen LogP contribution in [0.3, 0.4) is 0 Å². The highest BCUT2D eigenvalue weighted by Crippen LogP contribution is 2.48. The van der Waals surface area contributed by atoms with E-state index in [1.807, 2.05) is 12.1 Å². The number of hydrogen-bond acceptors (Lipinski definition) is 5. The number of rotatable bonds is 9. The molecule has 0 bridgehead atoms. The first-order valence-corrected chi connectivity index (χ1v) is 13.7. The van der Waals surface area contributed by atoms with E-state index >= 15 is 0 Å². The Balaban J connectivity index is 1.21. The molecule has 2 aromatic carbocycles. The molecule has 4 unspecified atom stereocenters. The first-order chi connectivity index (χ1) is 17.4. The number of nitrogens with zero attached hydrogens (tertiary/aromatic N) is 4. The zero-order valence-electron chi connectivity index (χ0n) is 21.9. The number of benzene rings is 2. The third-order valence-corrected chi connectivity index (χ3v) is 8.69. The van der Waals surface area contributed by atoms with Crippen LogP contribution in [0.5, 0.6) is 5.75 Å². The maximum Gasteiger partial charge on any atom is 0.136 e. The van der Waals surface area contributed by atoms with E-state index in [2.05, 4.69) is 70.8 Å². The molecule has 36 heavy (non-hydrogen) atoms. The molecule has 3 N–H and O–H groups in total. The summed E-state index contributed by atoms with van der Waals surface area (Å²) in [4.78, 5) is 2.70. The zero-order chi connectivity index (χ0) is 25.2. The van der Waals surface area contributed by atoms with Crippen LogP contribution < -0.4 is 5.73 Å². The van der Waals surface area contributed by atoms with Crippen molar-refractivity contribution < 1.29 is 5.11 Å². The van der Waals surface area contributed by atoms with E-state index in [0.717, 1.165) is 43.9 Å². The summed E-state index contributed by atoms with van der Waals surface area (Å²) >= 11 is 0. The Kier molecular flexibility index (Phi) is 7.44. The van der Waals surface area contributed by atoms with Gasteiger partial charge >= 0.3 is 0 Å². The molecule has 1 aliphatic carbocycles. The largest absolute Gasteiger partial charge is 0.508 e. The molecule has 0 radical (unpaired) electrons. The molecule has 2 fully saturated rings. The highest BCUT2D eigenvalue weighted by atomic mass is 16.3. The molecule has 1 aliphatic heterocycles. The third-order valence-electron chi connectivity index (χ3n) is 8.69. The summed E-state index contributed by atoms with van der Waals surface area (Å²) in [5.74, 6) is 3.50. The molecule has 1 saturated carbocycles. The van der Waals surface area contributed by atoms with Crippen molar-refractivity contribution >= 4 is 0 Å². The minimum absolute atomic E-state index is 0.0870. The molecule has 3 aromatic rings. The third kappa shape index (κ3) is 5.21. The van der Waals surface area contributed by atoms with E-state index in [1.165, 1.54) is 24.0 Å². The van der Waals surface area contributed by atoms with Crippen molar-refractivity contribution in [3.8, 4) is 5.75 Å². The number of likely N-dealkylation sites (tertiary alicyclic amines) is 1. The van der Waals surface area contributed by atoms with Crippen LogP contribution in [0.1, 0.15) is 99.1 Å². The fourth-order valence-electron chi connectivity index (χ4n) is 6.49. The van der Waals surface area contributed by atoms with Gasteiger partial charge in [-0.05, 0) is 88.5 Å². The lowest BCUT2D eigenvalue weighted by Gasteiger charge is -2.37. The summed E-state index contributed by atoms with van der Waals surface area (Å²) in [6.07, 6.45) is 6.79. The fraction of sp³-hybridized carbons (Fsp3) is 0.533. The molecule has 0 amide bonds. The van der Waals surface area contributed by atoms with E-state index in [0.29, 0.717) is 35.7 Å². The van der Waals surface area contributed by atoms with Crippen LogP contribution >= 0.6 is 0 Å². The molecule has 2 heterocycles. The second kappa shape index (κ2) is 10.7. The summed E-state index contributed by atoms with van der Waals surface area (Å²) in [6, 6.07) is 19.8. The lowest BCUT2D eigenvalue weighted by atomic mass is 9.71. The number of aromatic nitrogens is 3. The number of phenols is 1. The van der Waals surface area contributed by atoms with Crippen molar-refractivity contribution in [1.82, 2.24) is 19.7 Å². The topological polar surface area (TPSA) is 80.2 Å². The Bertz CT molecular complexity index is 1120. The molecular weight excluding hydrogens is 446 g/mol. The van der Waals surface area contributed by atoms with Gasteiger partial charge in [0.2, 0.25) is 0 Å². The number of nitrogens with two attached hydrogens (primary N) is 1. The van der Waals surface area contributed by atoms with E-state index < -0.39 is 0 Å². The molecule has 4 atom stereocenters. The minimum atomic E-state index is 0.0870. The van der Waals surface area contributed by atoms with E-state index in [1.54, 1.807) is 12.1 Å². The normalized spacial score (nSPS) is 26.0. The summed E-state index contributed by atoms with van der Waals surface area (Å²) in [6.45, 7) is 7.84. The fourth-order valence-corrected chi connectivity index (χ4v) is 6.49. The summed E-state index contributed by atoms with van der Waals surface area (Å²) in [5.41, 5.74) is 9.07. The Morgan fingerprint density at radius 2 is 1.72 bits per heavy atom. The van der Waals surface area contributed by atoms with Crippen LogP contribution in [0.4, 0.5) is 0 Å². The van der Waals surface area contributed by atoms with Crippen LogP contribution in [0, 0.1) is 6.92 Å². The second-order valence-electron chi connectivity index (χ2n) is 11.1. The molecule has 6 heteroatoms. The van der Waals surface area contributed by atoms with E-state index in [-0.39, 0.29) is 6.04 Å². The van der Waals surface area contributed by atoms with Crippen LogP contribution in [0.2, 0.25) is 0 Å². The van der Waals surface area contributed by atoms with Crippen LogP contribution in [-0.2, 0) is 0 Å².